The molecule has 2 N–H and O–H groups in total. The molecule has 3 amide bonds. The number of hydrogen-bond acceptors (Lipinski definition) is 6. The summed E-state index contributed by atoms with van der Waals surface area (Å²) >= 11 is 15.0. The summed E-state index contributed by atoms with van der Waals surface area (Å²) < 4.78 is 0. The molecule has 4 rings (SSSR count). The van der Waals surface area contributed by atoms with Crippen LogP contribution < -0.4 is 15.5 Å². The monoisotopic (exact) mass is 467 g/mol. The molecular formula is C18H15Cl2N5O2S2. The Morgan fingerprint density at radius 3 is 3.00 bits per heavy atom. The summed E-state index contributed by atoms with van der Waals surface area (Å²) in [6.45, 7) is 1.18. The lowest BCUT2D eigenvalue weighted by molar-refractivity contribution is -0.115. The zero-order valence-corrected chi connectivity index (χ0v) is 18.1. The first kappa shape index (κ1) is 20.1. The van der Waals surface area contributed by atoms with Gasteiger partial charge in [-0.25, -0.2) is 14.8 Å². The van der Waals surface area contributed by atoms with E-state index >= 15 is 0 Å². The third kappa shape index (κ3) is 4.87. The molecule has 29 heavy (non-hydrogen) atoms. The van der Waals surface area contributed by atoms with Crippen molar-refractivity contribution in [3.05, 3.63) is 56.0 Å². The molecule has 2 aromatic heterocycles. The van der Waals surface area contributed by atoms with Gasteiger partial charge in [-0.2, -0.15) is 0 Å². The van der Waals surface area contributed by atoms with Gasteiger partial charge in [-0.05, 0) is 23.8 Å². The molecule has 1 fully saturated rings. The van der Waals surface area contributed by atoms with Gasteiger partial charge in [0.1, 0.15) is 0 Å². The molecule has 3 aromatic rings. The fourth-order valence-corrected chi connectivity index (χ4v) is 4.88. The molecule has 1 aliphatic heterocycles. The average molecular weight is 468 g/mol. The second-order valence-corrected chi connectivity index (χ2v) is 9.07. The number of nitrogens with zero attached hydrogens (tertiary/aromatic N) is 3. The van der Waals surface area contributed by atoms with E-state index in [0.717, 1.165) is 10.4 Å². The molecule has 0 atom stereocenters. The number of carbonyl (C=O) groups is 2. The Labute approximate surface area is 184 Å². The molecule has 1 aliphatic rings. The summed E-state index contributed by atoms with van der Waals surface area (Å²) in [7, 11) is 0. The summed E-state index contributed by atoms with van der Waals surface area (Å²) in [4.78, 5) is 35.2. The largest absolute Gasteiger partial charge is 0.336 e. The molecule has 150 valence electrons. The first-order chi connectivity index (χ1) is 14.0. The lowest BCUT2D eigenvalue weighted by atomic mass is 10.1. The molecule has 0 saturated carbocycles. The highest BCUT2D eigenvalue weighted by molar-refractivity contribution is 7.15. The molecule has 1 saturated heterocycles. The smallest absolute Gasteiger partial charge is 0.323 e. The molecule has 0 unspecified atom stereocenters. The standard InChI is InChI=1S/C18H15Cl2N5O2S2/c19-11-1-2-14(20)10(5-11)6-13-8-22-16(29-13)24-15(26)7-12-9-28-18(23-12)25-4-3-21-17(25)27/h1-2,5,8-9H,3-4,6-7H2,(H,21,27)(H,22,24,26). The summed E-state index contributed by atoms with van der Waals surface area (Å²) in [5, 5.41) is 9.67. The molecule has 11 heteroatoms. The van der Waals surface area contributed by atoms with Crippen LogP contribution in [0.3, 0.4) is 0 Å². The minimum Gasteiger partial charge on any atom is -0.336 e. The first-order valence-electron chi connectivity index (χ1n) is 8.66. The summed E-state index contributed by atoms with van der Waals surface area (Å²) in [6.07, 6.45) is 2.41. The normalized spacial score (nSPS) is 13.6. The van der Waals surface area contributed by atoms with Gasteiger partial charge < -0.3 is 10.6 Å². The van der Waals surface area contributed by atoms with Crippen LogP contribution in [0.2, 0.25) is 10.0 Å². The Hall–Kier alpha value is -2.20. The molecule has 0 spiro atoms. The van der Waals surface area contributed by atoms with Crippen molar-refractivity contribution >= 4 is 68.1 Å². The molecule has 0 bridgehead atoms. The highest BCUT2D eigenvalue weighted by Crippen LogP contribution is 2.27. The quantitative estimate of drug-likeness (QED) is 0.568. The van der Waals surface area contributed by atoms with Gasteiger partial charge in [-0.15, -0.1) is 22.7 Å². The number of halogens is 2. The maximum atomic E-state index is 12.3. The fraction of sp³-hybridized carbons (Fsp3) is 0.222. The van der Waals surface area contributed by atoms with E-state index in [-0.39, 0.29) is 18.4 Å². The number of nitrogens with one attached hydrogen (secondary N) is 2. The maximum absolute atomic E-state index is 12.3. The lowest BCUT2D eigenvalue weighted by Crippen LogP contribution is -2.27. The zero-order chi connectivity index (χ0) is 20.4. The third-order valence-corrected chi connectivity index (χ3v) is 6.57. The van der Waals surface area contributed by atoms with Crippen LogP contribution in [0, 0.1) is 0 Å². The van der Waals surface area contributed by atoms with Gasteiger partial charge in [-0.1, -0.05) is 23.2 Å². The van der Waals surface area contributed by atoms with E-state index < -0.39 is 0 Å². The molecule has 0 aliphatic carbocycles. The predicted octanol–water partition coefficient (Wildman–Crippen LogP) is 4.21. The molecule has 3 heterocycles. The SMILES string of the molecule is O=C(Cc1csc(N2CCNC2=O)n1)Nc1ncc(Cc2cc(Cl)ccc2Cl)s1. The van der Waals surface area contributed by atoms with Crippen molar-refractivity contribution in [2.24, 2.45) is 0 Å². The van der Waals surface area contributed by atoms with Crippen molar-refractivity contribution in [1.82, 2.24) is 15.3 Å². The van der Waals surface area contributed by atoms with Gasteiger partial charge in [-0.3, -0.25) is 9.69 Å². The minimum absolute atomic E-state index is 0.112. The summed E-state index contributed by atoms with van der Waals surface area (Å²) in [6, 6.07) is 5.16. The van der Waals surface area contributed by atoms with Gasteiger partial charge in [0.25, 0.3) is 0 Å². The summed E-state index contributed by atoms with van der Waals surface area (Å²) in [5.41, 5.74) is 1.52. The van der Waals surface area contributed by atoms with Gasteiger partial charge in [0.05, 0.1) is 12.1 Å². The van der Waals surface area contributed by atoms with Crippen molar-refractivity contribution in [3.63, 3.8) is 0 Å². The van der Waals surface area contributed by atoms with Gasteiger partial charge in [0.2, 0.25) is 5.91 Å². The van der Waals surface area contributed by atoms with Crippen LogP contribution in [0.25, 0.3) is 0 Å². The van der Waals surface area contributed by atoms with Crippen LogP contribution in [-0.4, -0.2) is 35.0 Å². The highest BCUT2D eigenvalue weighted by Gasteiger charge is 2.24. The van der Waals surface area contributed by atoms with E-state index in [9.17, 15) is 9.59 Å². The van der Waals surface area contributed by atoms with Crippen molar-refractivity contribution in [1.29, 1.82) is 0 Å². The second-order valence-electron chi connectivity index (χ2n) is 6.27. The molecule has 0 radical (unpaired) electrons. The van der Waals surface area contributed by atoms with Gasteiger partial charge in [0.15, 0.2) is 10.3 Å². The van der Waals surface area contributed by atoms with Gasteiger partial charge in [0, 0.05) is 46.0 Å². The van der Waals surface area contributed by atoms with Crippen molar-refractivity contribution in [3.8, 4) is 0 Å². The first-order valence-corrected chi connectivity index (χ1v) is 11.1. The van der Waals surface area contributed by atoms with Crippen LogP contribution in [-0.2, 0) is 17.6 Å². The van der Waals surface area contributed by atoms with E-state index in [1.165, 1.54) is 22.7 Å². The number of aromatic nitrogens is 2. The number of rotatable bonds is 6. The maximum Gasteiger partial charge on any atom is 0.323 e. The van der Waals surface area contributed by atoms with Crippen molar-refractivity contribution in [2.45, 2.75) is 12.8 Å². The minimum atomic E-state index is -0.214. The lowest BCUT2D eigenvalue weighted by Gasteiger charge is -2.08. The van der Waals surface area contributed by atoms with Crippen LogP contribution in [0.1, 0.15) is 16.1 Å². The molecule has 7 nitrogen and oxygen atoms in total. The van der Waals surface area contributed by atoms with Crippen LogP contribution in [0.5, 0.6) is 0 Å². The van der Waals surface area contributed by atoms with E-state index in [1.54, 1.807) is 28.6 Å². The molecular weight excluding hydrogens is 453 g/mol. The Morgan fingerprint density at radius 2 is 2.21 bits per heavy atom. The van der Waals surface area contributed by atoms with Crippen molar-refractivity contribution in [2.75, 3.05) is 23.3 Å². The number of thiazole rings is 2. The zero-order valence-electron chi connectivity index (χ0n) is 14.9. The number of benzene rings is 1. The Morgan fingerprint density at radius 1 is 1.34 bits per heavy atom. The fourth-order valence-electron chi connectivity index (χ4n) is 2.80. The van der Waals surface area contributed by atoms with Gasteiger partial charge >= 0.3 is 6.03 Å². The number of anilines is 2. The Kier molecular flexibility index (Phi) is 6.00. The Bertz CT molecular complexity index is 1070. The topological polar surface area (TPSA) is 87.2 Å². The number of amides is 3. The van der Waals surface area contributed by atoms with E-state index in [0.29, 0.717) is 45.5 Å². The van der Waals surface area contributed by atoms with E-state index in [4.69, 9.17) is 23.2 Å². The van der Waals surface area contributed by atoms with Crippen molar-refractivity contribution < 1.29 is 9.59 Å². The van der Waals surface area contributed by atoms with E-state index in [1.807, 2.05) is 6.07 Å². The Balaban J connectivity index is 1.35. The molecule has 1 aromatic carbocycles. The van der Waals surface area contributed by atoms with E-state index in [2.05, 4.69) is 20.6 Å². The third-order valence-electron chi connectivity index (χ3n) is 4.14. The summed E-state index contributed by atoms with van der Waals surface area (Å²) in [5.74, 6) is -0.214. The second kappa shape index (κ2) is 8.66. The number of hydrogen-bond donors (Lipinski definition) is 2. The van der Waals surface area contributed by atoms with Crippen LogP contribution in [0.15, 0.2) is 29.8 Å². The van der Waals surface area contributed by atoms with Crippen LogP contribution in [0.4, 0.5) is 15.1 Å². The predicted molar refractivity (Wildman–Crippen MR) is 117 cm³/mol. The number of carbonyl (C=O) groups excluding carboxylic acids is 2. The average Bonchev–Trinajstić information content (AvgIpc) is 3.40. The van der Waals surface area contributed by atoms with Crippen LogP contribution >= 0.6 is 45.9 Å². The highest BCUT2D eigenvalue weighted by atomic mass is 35.5. The number of urea groups is 1.